The molecule has 1 aromatic heterocycles. The van der Waals surface area contributed by atoms with Crippen LogP contribution in [0.5, 0.6) is 0 Å². The largest absolute Gasteiger partial charge is 0.361 e. The lowest BCUT2D eigenvalue weighted by Crippen LogP contribution is -2.40. The topological polar surface area (TPSA) is 36.1 Å². The Morgan fingerprint density at radius 2 is 1.88 bits per heavy atom. The van der Waals surface area contributed by atoms with Gasteiger partial charge in [0, 0.05) is 35.8 Å². The van der Waals surface area contributed by atoms with Crippen molar-refractivity contribution in [1.82, 2.24) is 9.88 Å². The Morgan fingerprint density at radius 3 is 2.75 bits per heavy atom. The first-order valence-electron chi connectivity index (χ1n) is 8.70. The molecule has 1 aliphatic heterocycles. The SMILES string of the molecule is O=C(c1ccccc1)N1CCCC(Cc2c[nH]c3ccccc23)C1. The Morgan fingerprint density at radius 1 is 1.08 bits per heavy atom. The second-order valence-corrected chi connectivity index (χ2v) is 6.69. The van der Waals surface area contributed by atoms with Crippen molar-refractivity contribution < 1.29 is 4.79 Å². The quantitative estimate of drug-likeness (QED) is 0.769. The summed E-state index contributed by atoms with van der Waals surface area (Å²) in [6.07, 6.45) is 5.44. The molecule has 2 heterocycles. The number of nitrogens with zero attached hydrogens (tertiary/aromatic N) is 1. The Labute approximate surface area is 142 Å². The standard InChI is InChI=1S/C21H22N2O/c24-21(17-8-2-1-3-9-17)23-12-6-7-16(15-23)13-18-14-22-20-11-5-4-10-19(18)20/h1-5,8-11,14,16,22H,6-7,12-13,15H2. The number of rotatable bonds is 3. The molecule has 24 heavy (non-hydrogen) atoms. The first-order valence-corrected chi connectivity index (χ1v) is 8.70. The van der Waals surface area contributed by atoms with Crippen LogP contribution in [-0.2, 0) is 6.42 Å². The van der Waals surface area contributed by atoms with E-state index < -0.39 is 0 Å². The number of carbonyl (C=O) groups is 1. The molecule has 122 valence electrons. The Kier molecular flexibility index (Phi) is 4.08. The van der Waals surface area contributed by atoms with E-state index in [4.69, 9.17) is 0 Å². The minimum absolute atomic E-state index is 0.166. The molecule has 0 radical (unpaired) electrons. The van der Waals surface area contributed by atoms with Crippen LogP contribution in [0.4, 0.5) is 0 Å². The molecule has 4 rings (SSSR count). The van der Waals surface area contributed by atoms with Crippen molar-refractivity contribution in [2.75, 3.05) is 13.1 Å². The van der Waals surface area contributed by atoms with Gasteiger partial charge in [-0.1, -0.05) is 36.4 Å². The molecule has 3 heteroatoms. The molecule has 3 nitrogen and oxygen atoms in total. The van der Waals surface area contributed by atoms with Gasteiger partial charge in [-0.2, -0.15) is 0 Å². The summed E-state index contributed by atoms with van der Waals surface area (Å²) in [5, 5.41) is 1.31. The molecular weight excluding hydrogens is 296 g/mol. The molecule has 0 bridgehead atoms. The van der Waals surface area contributed by atoms with Crippen molar-refractivity contribution in [3.63, 3.8) is 0 Å². The maximum absolute atomic E-state index is 12.7. The molecule has 2 aromatic carbocycles. The first-order chi connectivity index (χ1) is 11.8. The minimum atomic E-state index is 0.166. The van der Waals surface area contributed by atoms with Crippen molar-refractivity contribution in [2.45, 2.75) is 19.3 Å². The Balaban J connectivity index is 1.48. The number of para-hydroxylation sites is 1. The second kappa shape index (κ2) is 6.52. The summed E-state index contributed by atoms with van der Waals surface area (Å²) >= 11 is 0. The van der Waals surface area contributed by atoms with E-state index in [2.05, 4.69) is 35.4 Å². The predicted octanol–water partition coefficient (Wildman–Crippen LogP) is 4.26. The maximum Gasteiger partial charge on any atom is 0.253 e. The van der Waals surface area contributed by atoms with Crippen LogP contribution in [0.15, 0.2) is 60.8 Å². The molecule has 1 aliphatic rings. The van der Waals surface area contributed by atoms with Crippen LogP contribution in [0.1, 0.15) is 28.8 Å². The number of aromatic nitrogens is 1. The van der Waals surface area contributed by atoms with E-state index in [0.29, 0.717) is 5.92 Å². The first kappa shape index (κ1) is 15.0. The minimum Gasteiger partial charge on any atom is -0.361 e. The van der Waals surface area contributed by atoms with E-state index >= 15 is 0 Å². The highest BCUT2D eigenvalue weighted by Gasteiger charge is 2.25. The molecule has 1 fully saturated rings. The zero-order valence-electron chi connectivity index (χ0n) is 13.7. The van der Waals surface area contributed by atoms with Gasteiger partial charge in [0.2, 0.25) is 0 Å². The summed E-state index contributed by atoms with van der Waals surface area (Å²) in [6.45, 7) is 1.73. The highest BCUT2D eigenvalue weighted by molar-refractivity contribution is 5.94. The number of likely N-dealkylation sites (tertiary alicyclic amines) is 1. The number of fused-ring (bicyclic) bond motifs is 1. The predicted molar refractivity (Wildman–Crippen MR) is 97.1 cm³/mol. The number of hydrogen-bond donors (Lipinski definition) is 1. The van der Waals surface area contributed by atoms with E-state index in [1.54, 1.807) is 0 Å². The fourth-order valence-electron chi connectivity index (χ4n) is 3.79. The van der Waals surface area contributed by atoms with E-state index in [0.717, 1.165) is 31.5 Å². The van der Waals surface area contributed by atoms with E-state index in [1.807, 2.05) is 35.2 Å². The van der Waals surface area contributed by atoms with Gasteiger partial charge in [-0.25, -0.2) is 0 Å². The molecule has 1 amide bonds. The summed E-state index contributed by atoms with van der Waals surface area (Å²) in [5.74, 6) is 0.699. The molecule has 1 atom stereocenters. The van der Waals surface area contributed by atoms with Crippen LogP contribution in [0.3, 0.4) is 0 Å². The van der Waals surface area contributed by atoms with Crippen LogP contribution in [0, 0.1) is 5.92 Å². The number of aromatic amines is 1. The van der Waals surface area contributed by atoms with Crippen LogP contribution in [0.2, 0.25) is 0 Å². The highest BCUT2D eigenvalue weighted by Crippen LogP contribution is 2.26. The third kappa shape index (κ3) is 2.94. The smallest absolute Gasteiger partial charge is 0.253 e. The number of H-pyrrole nitrogens is 1. The number of hydrogen-bond acceptors (Lipinski definition) is 1. The molecule has 1 saturated heterocycles. The lowest BCUT2D eigenvalue weighted by Gasteiger charge is -2.33. The molecule has 1 unspecified atom stereocenters. The third-order valence-corrected chi connectivity index (χ3v) is 5.01. The van der Waals surface area contributed by atoms with Crippen LogP contribution < -0.4 is 0 Å². The second-order valence-electron chi connectivity index (χ2n) is 6.69. The molecular formula is C21H22N2O. The molecule has 0 aliphatic carbocycles. The normalized spacial score (nSPS) is 18.0. The molecule has 0 saturated carbocycles. The fourth-order valence-corrected chi connectivity index (χ4v) is 3.79. The van der Waals surface area contributed by atoms with Gasteiger partial charge >= 0.3 is 0 Å². The van der Waals surface area contributed by atoms with Gasteiger partial charge in [0.05, 0.1) is 0 Å². The maximum atomic E-state index is 12.7. The van der Waals surface area contributed by atoms with Gasteiger partial charge in [-0.05, 0) is 48.9 Å². The van der Waals surface area contributed by atoms with Crippen molar-refractivity contribution >= 4 is 16.8 Å². The van der Waals surface area contributed by atoms with Crippen molar-refractivity contribution in [3.05, 3.63) is 71.9 Å². The van der Waals surface area contributed by atoms with Crippen LogP contribution in [0.25, 0.3) is 10.9 Å². The number of piperidine rings is 1. The van der Waals surface area contributed by atoms with E-state index in [-0.39, 0.29) is 5.91 Å². The van der Waals surface area contributed by atoms with Gasteiger partial charge in [-0.15, -0.1) is 0 Å². The third-order valence-electron chi connectivity index (χ3n) is 5.01. The summed E-state index contributed by atoms with van der Waals surface area (Å²) in [5.41, 5.74) is 3.36. The number of benzene rings is 2. The van der Waals surface area contributed by atoms with Gasteiger partial charge in [0.15, 0.2) is 0 Å². The van der Waals surface area contributed by atoms with Gasteiger partial charge in [-0.3, -0.25) is 4.79 Å². The van der Waals surface area contributed by atoms with Crippen molar-refractivity contribution in [2.24, 2.45) is 5.92 Å². The van der Waals surface area contributed by atoms with Crippen molar-refractivity contribution in [1.29, 1.82) is 0 Å². The van der Waals surface area contributed by atoms with Gasteiger partial charge < -0.3 is 9.88 Å². The molecule has 1 N–H and O–H groups in total. The highest BCUT2D eigenvalue weighted by atomic mass is 16.2. The number of carbonyl (C=O) groups excluding carboxylic acids is 1. The Hall–Kier alpha value is -2.55. The average Bonchev–Trinajstić information content (AvgIpc) is 3.05. The average molecular weight is 318 g/mol. The van der Waals surface area contributed by atoms with Crippen molar-refractivity contribution in [3.8, 4) is 0 Å². The molecule has 3 aromatic rings. The van der Waals surface area contributed by atoms with Crippen LogP contribution >= 0.6 is 0 Å². The van der Waals surface area contributed by atoms with E-state index in [1.165, 1.54) is 22.9 Å². The fraction of sp³-hybridized carbons (Fsp3) is 0.286. The van der Waals surface area contributed by atoms with Gasteiger partial charge in [0.1, 0.15) is 0 Å². The summed E-state index contributed by atoms with van der Waals surface area (Å²) in [4.78, 5) is 18.1. The lowest BCUT2D eigenvalue weighted by molar-refractivity contribution is 0.0673. The van der Waals surface area contributed by atoms with Gasteiger partial charge in [0.25, 0.3) is 5.91 Å². The van der Waals surface area contributed by atoms with Crippen LogP contribution in [-0.4, -0.2) is 28.9 Å². The zero-order chi connectivity index (χ0) is 16.4. The summed E-state index contributed by atoms with van der Waals surface area (Å²) in [7, 11) is 0. The Bertz CT molecular complexity index is 837. The number of amides is 1. The lowest BCUT2D eigenvalue weighted by atomic mass is 9.91. The molecule has 0 spiro atoms. The monoisotopic (exact) mass is 318 g/mol. The summed E-state index contributed by atoms with van der Waals surface area (Å²) in [6, 6.07) is 18.1. The number of nitrogens with one attached hydrogen (secondary N) is 1. The van der Waals surface area contributed by atoms with E-state index in [9.17, 15) is 4.79 Å². The zero-order valence-corrected chi connectivity index (χ0v) is 13.7. The summed E-state index contributed by atoms with van der Waals surface area (Å²) < 4.78 is 0.